The summed E-state index contributed by atoms with van der Waals surface area (Å²) in [5, 5.41) is 6.24. The van der Waals surface area contributed by atoms with Crippen LogP contribution in [0.25, 0.3) is 0 Å². The van der Waals surface area contributed by atoms with E-state index < -0.39 is 5.91 Å². The van der Waals surface area contributed by atoms with Gasteiger partial charge in [0.25, 0.3) is 5.91 Å². The van der Waals surface area contributed by atoms with E-state index >= 15 is 0 Å². The SMILES string of the molecule is Cc1cccc(NC(=O)CN(C)CC(=O)Nc2sc3c(c2C(N)=O)CCCC3)c1C. The molecule has 0 aliphatic heterocycles. The van der Waals surface area contributed by atoms with E-state index in [2.05, 4.69) is 10.6 Å². The van der Waals surface area contributed by atoms with Crippen molar-refractivity contribution in [3.63, 3.8) is 0 Å². The van der Waals surface area contributed by atoms with Gasteiger partial charge in [0.2, 0.25) is 11.8 Å². The van der Waals surface area contributed by atoms with Crippen molar-refractivity contribution < 1.29 is 14.4 Å². The standard InChI is InChI=1S/C22H28N4O3S/c1-13-7-6-9-16(14(13)2)24-18(27)11-26(3)12-19(28)25-22-20(21(23)29)15-8-4-5-10-17(15)30-22/h6-7,9H,4-5,8,10-12H2,1-3H3,(H2,23,29)(H,24,27)(H,25,28). The van der Waals surface area contributed by atoms with Gasteiger partial charge in [0.15, 0.2) is 0 Å². The van der Waals surface area contributed by atoms with Crippen LogP contribution in [0.5, 0.6) is 0 Å². The molecule has 0 bridgehead atoms. The second-order valence-electron chi connectivity index (χ2n) is 7.80. The van der Waals surface area contributed by atoms with Crippen molar-refractivity contribution in [2.75, 3.05) is 30.8 Å². The maximum absolute atomic E-state index is 12.5. The molecule has 1 heterocycles. The van der Waals surface area contributed by atoms with Gasteiger partial charge in [-0.05, 0) is 69.3 Å². The maximum Gasteiger partial charge on any atom is 0.251 e. The Bertz CT molecular complexity index is 983. The molecular weight excluding hydrogens is 400 g/mol. The number of carbonyl (C=O) groups excluding carboxylic acids is 3. The Morgan fingerprint density at radius 3 is 2.43 bits per heavy atom. The van der Waals surface area contributed by atoms with Crippen molar-refractivity contribution in [3.8, 4) is 0 Å². The highest BCUT2D eigenvalue weighted by Gasteiger charge is 2.25. The number of rotatable bonds is 7. The zero-order chi connectivity index (χ0) is 21.8. The zero-order valence-electron chi connectivity index (χ0n) is 17.6. The molecule has 160 valence electrons. The number of benzene rings is 1. The molecule has 0 saturated carbocycles. The molecule has 1 aliphatic rings. The van der Waals surface area contributed by atoms with Crippen molar-refractivity contribution in [2.24, 2.45) is 5.73 Å². The van der Waals surface area contributed by atoms with Gasteiger partial charge >= 0.3 is 0 Å². The number of hydrogen-bond acceptors (Lipinski definition) is 5. The number of likely N-dealkylation sites (N-methyl/N-ethyl adjacent to an activating group) is 1. The van der Waals surface area contributed by atoms with Crippen LogP contribution in [-0.4, -0.2) is 42.8 Å². The van der Waals surface area contributed by atoms with Crippen LogP contribution >= 0.6 is 11.3 Å². The molecule has 0 atom stereocenters. The number of hydrogen-bond donors (Lipinski definition) is 3. The van der Waals surface area contributed by atoms with Gasteiger partial charge in [-0.1, -0.05) is 12.1 Å². The van der Waals surface area contributed by atoms with Gasteiger partial charge in [0.1, 0.15) is 5.00 Å². The Labute approximate surface area is 180 Å². The smallest absolute Gasteiger partial charge is 0.251 e. The molecule has 8 heteroatoms. The number of nitrogens with two attached hydrogens (primary N) is 1. The third-order valence-corrected chi connectivity index (χ3v) is 6.58. The monoisotopic (exact) mass is 428 g/mol. The summed E-state index contributed by atoms with van der Waals surface area (Å²) in [5.41, 5.74) is 9.89. The summed E-state index contributed by atoms with van der Waals surface area (Å²) in [6.45, 7) is 4.05. The van der Waals surface area contributed by atoms with Gasteiger partial charge in [-0.15, -0.1) is 11.3 Å². The minimum atomic E-state index is -0.508. The number of fused-ring (bicyclic) bond motifs is 1. The molecule has 30 heavy (non-hydrogen) atoms. The molecule has 3 rings (SSSR count). The summed E-state index contributed by atoms with van der Waals surface area (Å²) in [6, 6.07) is 5.74. The molecule has 0 fully saturated rings. The average molecular weight is 429 g/mol. The van der Waals surface area contributed by atoms with Crippen LogP contribution in [0, 0.1) is 13.8 Å². The predicted octanol–water partition coefficient (Wildman–Crippen LogP) is 2.85. The molecule has 0 radical (unpaired) electrons. The lowest BCUT2D eigenvalue weighted by Crippen LogP contribution is -2.36. The fourth-order valence-corrected chi connectivity index (χ4v) is 5.01. The van der Waals surface area contributed by atoms with E-state index in [0.29, 0.717) is 10.6 Å². The number of anilines is 2. The summed E-state index contributed by atoms with van der Waals surface area (Å²) in [6.07, 6.45) is 3.83. The molecular formula is C22H28N4O3S. The van der Waals surface area contributed by atoms with E-state index in [-0.39, 0.29) is 24.9 Å². The zero-order valence-corrected chi connectivity index (χ0v) is 18.4. The number of carbonyl (C=O) groups is 3. The Morgan fingerprint density at radius 1 is 1.07 bits per heavy atom. The number of primary amides is 1. The molecule has 1 aromatic carbocycles. The van der Waals surface area contributed by atoms with Gasteiger partial charge in [0.05, 0.1) is 18.7 Å². The van der Waals surface area contributed by atoms with E-state index in [0.717, 1.165) is 52.9 Å². The quantitative estimate of drug-likeness (QED) is 0.631. The third-order valence-electron chi connectivity index (χ3n) is 5.38. The topological polar surface area (TPSA) is 105 Å². The lowest BCUT2D eigenvalue weighted by Gasteiger charge is -2.17. The first-order chi connectivity index (χ1) is 14.3. The van der Waals surface area contributed by atoms with Crippen LogP contribution in [0.2, 0.25) is 0 Å². The van der Waals surface area contributed by atoms with Crippen molar-refractivity contribution >= 4 is 39.7 Å². The molecule has 0 spiro atoms. The highest BCUT2D eigenvalue weighted by molar-refractivity contribution is 7.17. The Balaban J connectivity index is 1.58. The number of amides is 3. The van der Waals surface area contributed by atoms with Crippen LogP contribution in [0.15, 0.2) is 18.2 Å². The molecule has 0 unspecified atom stereocenters. The first kappa shape index (κ1) is 22.0. The number of thiophene rings is 1. The Morgan fingerprint density at radius 2 is 1.73 bits per heavy atom. The Kier molecular flexibility index (Phi) is 6.89. The summed E-state index contributed by atoms with van der Waals surface area (Å²) < 4.78 is 0. The van der Waals surface area contributed by atoms with Gasteiger partial charge < -0.3 is 16.4 Å². The summed E-state index contributed by atoms with van der Waals surface area (Å²) in [4.78, 5) is 39.6. The van der Waals surface area contributed by atoms with Crippen molar-refractivity contribution in [3.05, 3.63) is 45.3 Å². The third kappa shape index (κ3) is 5.06. The van der Waals surface area contributed by atoms with Crippen molar-refractivity contribution in [2.45, 2.75) is 39.5 Å². The molecule has 3 amide bonds. The Hall–Kier alpha value is -2.71. The van der Waals surface area contributed by atoms with E-state index in [9.17, 15) is 14.4 Å². The number of aryl methyl sites for hydroxylation is 2. The second-order valence-corrected chi connectivity index (χ2v) is 8.90. The van der Waals surface area contributed by atoms with Gasteiger partial charge in [0, 0.05) is 10.6 Å². The van der Waals surface area contributed by atoms with E-state index in [1.807, 2.05) is 32.0 Å². The fourth-order valence-electron chi connectivity index (χ4n) is 3.70. The lowest BCUT2D eigenvalue weighted by molar-refractivity contribution is -0.119. The van der Waals surface area contributed by atoms with Crippen molar-refractivity contribution in [1.29, 1.82) is 0 Å². The van der Waals surface area contributed by atoms with E-state index in [1.165, 1.54) is 11.3 Å². The fraction of sp³-hybridized carbons (Fsp3) is 0.409. The van der Waals surface area contributed by atoms with Crippen LogP contribution < -0.4 is 16.4 Å². The highest BCUT2D eigenvalue weighted by Crippen LogP contribution is 2.37. The molecule has 2 aromatic rings. The first-order valence-corrected chi connectivity index (χ1v) is 10.9. The van der Waals surface area contributed by atoms with Crippen LogP contribution in [0.3, 0.4) is 0 Å². The predicted molar refractivity (Wildman–Crippen MR) is 120 cm³/mol. The molecule has 4 N–H and O–H groups in total. The molecule has 1 aromatic heterocycles. The second kappa shape index (κ2) is 9.40. The molecule has 1 aliphatic carbocycles. The average Bonchev–Trinajstić information content (AvgIpc) is 3.02. The summed E-state index contributed by atoms with van der Waals surface area (Å²) in [7, 11) is 1.71. The summed E-state index contributed by atoms with van der Waals surface area (Å²) >= 11 is 1.43. The maximum atomic E-state index is 12.5. The van der Waals surface area contributed by atoms with Crippen LogP contribution in [0.1, 0.15) is 44.8 Å². The highest BCUT2D eigenvalue weighted by atomic mass is 32.1. The minimum absolute atomic E-state index is 0.0288. The minimum Gasteiger partial charge on any atom is -0.365 e. The molecule has 7 nitrogen and oxygen atoms in total. The van der Waals surface area contributed by atoms with Gasteiger partial charge in [-0.25, -0.2) is 0 Å². The molecule has 0 saturated heterocycles. The van der Waals surface area contributed by atoms with Crippen LogP contribution in [0.4, 0.5) is 10.7 Å². The normalized spacial score (nSPS) is 13.1. The number of nitrogens with one attached hydrogen (secondary N) is 2. The van der Waals surface area contributed by atoms with E-state index in [1.54, 1.807) is 11.9 Å². The van der Waals surface area contributed by atoms with Crippen LogP contribution in [-0.2, 0) is 22.4 Å². The number of nitrogens with zero attached hydrogens (tertiary/aromatic N) is 1. The summed E-state index contributed by atoms with van der Waals surface area (Å²) in [5.74, 6) is -0.979. The largest absolute Gasteiger partial charge is 0.365 e. The lowest BCUT2D eigenvalue weighted by atomic mass is 9.95. The van der Waals surface area contributed by atoms with E-state index in [4.69, 9.17) is 5.73 Å². The van der Waals surface area contributed by atoms with Crippen molar-refractivity contribution in [1.82, 2.24) is 4.90 Å². The first-order valence-electron chi connectivity index (χ1n) is 10.0. The van der Waals surface area contributed by atoms with Gasteiger partial charge in [-0.3, -0.25) is 19.3 Å². The van der Waals surface area contributed by atoms with Gasteiger partial charge in [-0.2, -0.15) is 0 Å².